The van der Waals surface area contributed by atoms with Gasteiger partial charge in [-0.15, -0.1) is 0 Å². The second-order valence-electron chi connectivity index (χ2n) is 5.06. The van der Waals surface area contributed by atoms with Crippen molar-refractivity contribution < 1.29 is 9.47 Å². The summed E-state index contributed by atoms with van der Waals surface area (Å²) in [6, 6.07) is 4.15. The molecule has 0 amide bonds. The van der Waals surface area contributed by atoms with Crippen LogP contribution in [0, 0.1) is 0 Å². The molecule has 1 aromatic rings. The molecule has 3 nitrogen and oxygen atoms in total. The van der Waals surface area contributed by atoms with Crippen LogP contribution in [0.25, 0.3) is 0 Å². The molecule has 0 atom stereocenters. The lowest BCUT2D eigenvalue weighted by atomic mass is 9.61. The SMILES string of the molecule is COc1cc(OC)c2c(c1)C1(CCC1)CCN2. The van der Waals surface area contributed by atoms with Gasteiger partial charge in [0.15, 0.2) is 0 Å². The molecule has 1 saturated carbocycles. The summed E-state index contributed by atoms with van der Waals surface area (Å²) in [7, 11) is 3.43. The number of fused-ring (bicyclic) bond motifs is 2. The molecule has 0 saturated heterocycles. The van der Waals surface area contributed by atoms with Gasteiger partial charge in [-0.3, -0.25) is 0 Å². The summed E-state index contributed by atoms with van der Waals surface area (Å²) >= 11 is 0. The highest BCUT2D eigenvalue weighted by atomic mass is 16.5. The second-order valence-corrected chi connectivity index (χ2v) is 5.06. The van der Waals surface area contributed by atoms with Crippen LogP contribution in [0.15, 0.2) is 12.1 Å². The lowest BCUT2D eigenvalue weighted by Crippen LogP contribution is -2.40. The summed E-state index contributed by atoms with van der Waals surface area (Å²) < 4.78 is 10.9. The standard InChI is InChI=1S/C14H19NO2/c1-16-10-8-11-13(12(9-10)17-2)15-7-6-14(11)4-3-5-14/h8-9,15H,3-7H2,1-2H3. The zero-order valence-corrected chi connectivity index (χ0v) is 10.5. The van der Waals surface area contributed by atoms with Gasteiger partial charge in [0.05, 0.1) is 19.9 Å². The summed E-state index contributed by atoms with van der Waals surface area (Å²) in [5.74, 6) is 1.81. The van der Waals surface area contributed by atoms with Gasteiger partial charge in [-0.1, -0.05) is 6.42 Å². The second kappa shape index (κ2) is 3.83. The Kier molecular flexibility index (Phi) is 2.42. The number of benzene rings is 1. The Morgan fingerprint density at radius 3 is 2.53 bits per heavy atom. The molecule has 1 heterocycles. The van der Waals surface area contributed by atoms with Gasteiger partial charge < -0.3 is 14.8 Å². The van der Waals surface area contributed by atoms with E-state index in [9.17, 15) is 0 Å². The zero-order valence-electron chi connectivity index (χ0n) is 10.5. The monoisotopic (exact) mass is 233 g/mol. The average Bonchev–Trinajstić information content (AvgIpc) is 2.34. The topological polar surface area (TPSA) is 30.5 Å². The maximum absolute atomic E-state index is 5.47. The first-order valence-electron chi connectivity index (χ1n) is 6.29. The molecule has 17 heavy (non-hydrogen) atoms. The molecule has 3 rings (SSSR count). The summed E-state index contributed by atoms with van der Waals surface area (Å²) in [4.78, 5) is 0. The number of anilines is 1. The number of rotatable bonds is 2. The van der Waals surface area contributed by atoms with E-state index >= 15 is 0 Å². The fraction of sp³-hybridized carbons (Fsp3) is 0.571. The van der Waals surface area contributed by atoms with E-state index in [1.807, 2.05) is 6.07 Å². The number of methoxy groups -OCH3 is 2. The van der Waals surface area contributed by atoms with Crippen LogP contribution in [0.3, 0.4) is 0 Å². The molecule has 1 N–H and O–H groups in total. The minimum absolute atomic E-state index is 0.391. The number of nitrogens with one attached hydrogen (secondary N) is 1. The van der Waals surface area contributed by atoms with E-state index in [1.54, 1.807) is 14.2 Å². The van der Waals surface area contributed by atoms with Crippen molar-refractivity contribution in [3.63, 3.8) is 0 Å². The quantitative estimate of drug-likeness (QED) is 0.852. The van der Waals surface area contributed by atoms with Crippen LogP contribution in [0.5, 0.6) is 11.5 Å². The molecule has 3 heteroatoms. The molecular formula is C14H19NO2. The molecule has 1 aliphatic heterocycles. The third-order valence-electron chi connectivity index (χ3n) is 4.32. The Hall–Kier alpha value is -1.38. The molecule has 1 aliphatic carbocycles. The first-order chi connectivity index (χ1) is 8.29. The largest absolute Gasteiger partial charge is 0.497 e. The number of hydrogen-bond donors (Lipinski definition) is 1. The van der Waals surface area contributed by atoms with Crippen molar-refractivity contribution in [1.29, 1.82) is 0 Å². The van der Waals surface area contributed by atoms with Crippen molar-refractivity contribution in [2.24, 2.45) is 0 Å². The lowest BCUT2D eigenvalue weighted by molar-refractivity contribution is 0.225. The van der Waals surface area contributed by atoms with Crippen LogP contribution >= 0.6 is 0 Å². The van der Waals surface area contributed by atoms with Crippen molar-refractivity contribution in [3.05, 3.63) is 17.7 Å². The summed E-state index contributed by atoms with van der Waals surface area (Å²) in [5.41, 5.74) is 2.97. The van der Waals surface area contributed by atoms with E-state index in [2.05, 4.69) is 11.4 Å². The van der Waals surface area contributed by atoms with Crippen LogP contribution in [-0.4, -0.2) is 20.8 Å². The van der Waals surface area contributed by atoms with Gasteiger partial charge in [0.2, 0.25) is 0 Å². The van der Waals surface area contributed by atoms with Gasteiger partial charge in [0, 0.05) is 12.6 Å². The highest BCUT2D eigenvalue weighted by Gasteiger charge is 2.42. The molecule has 0 radical (unpaired) electrons. The Bertz CT molecular complexity index is 438. The van der Waals surface area contributed by atoms with Crippen LogP contribution in [-0.2, 0) is 5.41 Å². The summed E-state index contributed by atoms with van der Waals surface area (Å²) in [5, 5.41) is 3.48. The molecular weight excluding hydrogens is 214 g/mol. The van der Waals surface area contributed by atoms with E-state index in [0.717, 1.165) is 18.0 Å². The van der Waals surface area contributed by atoms with Gasteiger partial charge in [-0.25, -0.2) is 0 Å². The maximum atomic E-state index is 5.47. The van der Waals surface area contributed by atoms with Crippen LogP contribution in [0.4, 0.5) is 5.69 Å². The highest BCUT2D eigenvalue weighted by Crippen LogP contribution is 2.53. The molecule has 1 spiro atoms. The summed E-state index contributed by atoms with van der Waals surface area (Å²) in [6.07, 6.45) is 5.19. The predicted octanol–water partition coefficient (Wildman–Crippen LogP) is 2.94. The first kappa shape index (κ1) is 10.8. The Morgan fingerprint density at radius 1 is 1.12 bits per heavy atom. The van der Waals surface area contributed by atoms with Crippen molar-refractivity contribution in [1.82, 2.24) is 0 Å². The van der Waals surface area contributed by atoms with Crippen LogP contribution in [0.2, 0.25) is 0 Å². The molecule has 0 aromatic heterocycles. The fourth-order valence-corrected chi connectivity index (χ4v) is 3.15. The number of hydrogen-bond acceptors (Lipinski definition) is 3. The van der Waals surface area contributed by atoms with Gasteiger partial charge in [0.25, 0.3) is 0 Å². The van der Waals surface area contributed by atoms with Gasteiger partial charge >= 0.3 is 0 Å². The Labute approximate surface area is 102 Å². The average molecular weight is 233 g/mol. The van der Waals surface area contributed by atoms with Gasteiger partial charge in [-0.05, 0) is 36.3 Å². The van der Waals surface area contributed by atoms with Crippen molar-refractivity contribution >= 4 is 5.69 Å². The van der Waals surface area contributed by atoms with E-state index in [1.165, 1.54) is 36.9 Å². The smallest absolute Gasteiger partial charge is 0.145 e. The van der Waals surface area contributed by atoms with Crippen molar-refractivity contribution in [3.8, 4) is 11.5 Å². The third-order valence-corrected chi connectivity index (χ3v) is 4.32. The molecule has 1 aromatic carbocycles. The van der Waals surface area contributed by atoms with E-state index in [4.69, 9.17) is 9.47 Å². The number of ether oxygens (including phenoxy) is 2. The molecule has 92 valence electrons. The minimum Gasteiger partial charge on any atom is -0.497 e. The van der Waals surface area contributed by atoms with E-state index in [0.29, 0.717) is 5.41 Å². The van der Waals surface area contributed by atoms with Crippen molar-refractivity contribution in [2.75, 3.05) is 26.1 Å². The predicted molar refractivity (Wildman–Crippen MR) is 68.2 cm³/mol. The molecule has 0 unspecified atom stereocenters. The lowest BCUT2D eigenvalue weighted by Gasteiger charge is -2.46. The Morgan fingerprint density at radius 2 is 1.94 bits per heavy atom. The third kappa shape index (κ3) is 1.48. The van der Waals surface area contributed by atoms with Crippen molar-refractivity contribution in [2.45, 2.75) is 31.1 Å². The van der Waals surface area contributed by atoms with Gasteiger partial charge in [-0.2, -0.15) is 0 Å². The zero-order chi connectivity index (χ0) is 11.9. The molecule has 0 bridgehead atoms. The van der Waals surface area contributed by atoms with Crippen LogP contribution < -0.4 is 14.8 Å². The Balaban J connectivity index is 2.14. The maximum Gasteiger partial charge on any atom is 0.145 e. The van der Waals surface area contributed by atoms with E-state index < -0.39 is 0 Å². The fourth-order valence-electron chi connectivity index (χ4n) is 3.15. The molecule has 2 aliphatic rings. The normalized spacial score (nSPS) is 20.1. The van der Waals surface area contributed by atoms with E-state index in [-0.39, 0.29) is 0 Å². The summed E-state index contributed by atoms with van der Waals surface area (Å²) in [6.45, 7) is 1.05. The van der Waals surface area contributed by atoms with Crippen LogP contribution in [0.1, 0.15) is 31.2 Å². The van der Waals surface area contributed by atoms with Gasteiger partial charge in [0.1, 0.15) is 11.5 Å². The highest BCUT2D eigenvalue weighted by molar-refractivity contribution is 5.69. The molecule has 1 fully saturated rings. The minimum atomic E-state index is 0.391. The first-order valence-corrected chi connectivity index (χ1v) is 6.29.